The van der Waals surface area contributed by atoms with Gasteiger partial charge in [0.15, 0.2) is 64.4 Å². The van der Waals surface area contributed by atoms with E-state index >= 15 is 0 Å². The molecule has 2 atom stereocenters. The van der Waals surface area contributed by atoms with Crippen molar-refractivity contribution in [2.24, 2.45) is 0 Å². The molecule has 86 heavy (non-hydrogen) atoms. The van der Waals surface area contributed by atoms with E-state index in [1.54, 1.807) is 38.3 Å². The zero-order chi connectivity index (χ0) is 61.5. The predicted octanol–water partition coefficient (Wildman–Crippen LogP) is 3.87. The van der Waals surface area contributed by atoms with Gasteiger partial charge in [0, 0.05) is 44.9 Å². The van der Waals surface area contributed by atoms with Crippen LogP contribution in [0.25, 0.3) is 0 Å². The van der Waals surface area contributed by atoms with Crippen LogP contribution in [0.2, 0.25) is 21.1 Å². The van der Waals surface area contributed by atoms with Crippen molar-refractivity contribution in [2.75, 3.05) is 73.8 Å². The summed E-state index contributed by atoms with van der Waals surface area (Å²) in [7, 11) is 7.09. The van der Waals surface area contributed by atoms with Gasteiger partial charge < -0.3 is 56.4 Å². The molecular formula is C57H59BrCl4Cs2N12O10. The normalized spacial score (nSPS) is 13.8. The molecular weight excluding hydrogens is 1500 g/mol. The standard InChI is InChI=1S/2C14H14ClN3O2.C14H14ClN3O.C9H9BrO.C5H6ClN3O.CH2O3.2Cs.H/c1-9-5-3-4-6-10(9)14(19)8-20-11-7-16-13(15)17-12(11)18(14)2;1-9-5-3-4-6-10(9)11(19)8-20-12-7-17-14(15)18-13(12)16-2;1-9-5-3-4-6-10(9)11-8-19-12-7-16-14(15)17-13(12)18(11)2;1-7-4-2-3-5-8(7)9(11)6-10;1-7-4-3(10)2-8-5(6)9-4;2-1-4-3;;;/h3-7,19H,8H2,1-2H3;3-7H,8H2,1-2H3,(H,16,17,18);3-7,11H,8H2,1-2H3;2-5H,6H2,1H3;2,10H,1H3,(H,7,8,9);1,3H;;;/q;;;;;;2*+1;-1/p-1. The van der Waals surface area contributed by atoms with Gasteiger partial charge in [-0.3, -0.25) is 14.4 Å². The molecule has 4 aromatic carbocycles. The SMILES string of the molecule is CNc1nc(Cl)ncc1O.CNc1nc(Cl)ncc1OCC(=O)c1ccccc1C.Cc1ccccc1C(=O)CBr.Cc1ccccc1C1(O)COc2cnc(Cl)nc2N1C.Cc1ccccc1C1COc2cnc(Cl)nc2N1C.O=CO[O-].[Cs+].[Cs+].[H-]. The van der Waals surface area contributed by atoms with Crippen molar-refractivity contribution < 1.29 is 188 Å². The zero-order valence-electron chi connectivity index (χ0n) is 49.6. The third-order valence-electron chi connectivity index (χ3n) is 12.4. The number of Topliss-reactive ketones (excluding diaryl/α,β-unsaturated/α-hetero) is 2. The number of benzene rings is 4. The number of aromatic hydroxyl groups is 1. The largest absolute Gasteiger partial charge is 1.00 e. The molecule has 6 heterocycles. The number of aliphatic hydroxyl groups is 1. The summed E-state index contributed by atoms with van der Waals surface area (Å²) in [5, 5.41) is 34.9. The van der Waals surface area contributed by atoms with E-state index in [4.69, 9.17) is 75.8 Å². The number of carbonyl (C=O) groups excluding carboxylic acids is 3. The summed E-state index contributed by atoms with van der Waals surface area (Å²) in [6.45, 7) is 8.30. The van der Waals surface area contributed by atoms with Gasteiger partial charge in [0.05, 0.1) is 36.2 Å². The smallest absolute Gasteiger partial charge is 1.00 e. The molecule has 2 aliphatic rings. The van der Waals surface area contributed by atoms with E-state index in [9.17, 15) is 14.7 Å². The molecule has 0 bridgehead atoms. The second-order valence-electron chi connectivity index (χ2n) is 17.7. The van der Waals surface area contributed by atoms with Crippen molar-refractivity contribution in [3.05, 3.63) is 187 Å². The molecule has 29 heteroatoms. The number of carbonyl (C=O) groups is 3. The third-order valence-corrected chi connectivity index (χ3v) is 13.6. The van der Waals surface area contributed by atoms with Crippen LogP contribution < -0.4 is 178 Å². The molecule has 0 saturated carbocycles. The van der Waals surface area contributed by atoms with Crippen molar-refractivity contribution in [3.63, 3.8) is 0 Å². The van der Waals surface area contributed by atoms with E-state index in [0.717, 1.165) is 33.6 Å². The number of likely N-dealkylation sites (N-methyl/N-ethyl adjacent to an activating group) is 2. The van der Waals surface area contributed by atoms with E-state index in [1.807, 2.05) is 107 Å². The van der Waals surface area contributed by atoms with Gasteiger partial charge in [-0.15, -0.1) is 0 Å². The molecule has 0 radical (unpaired) electrons. The van der Waals surface area contributed by atoms with Crippen molar-refractivity contribution in [1.29, 1.82) is 0 Å². The number of anilines is 4. The second-order valence-corrected chi connectivity index (χ2v) is 19.7. The van der Waals surface area contributed by atoms with Crippen LogP contribution in [-0.2, 0) is 15.4 Å². The van der Waals surface area contributed by atoms with E-state index in [0.29, 0.717) is 52.2 Å². The monoisotopic (exact) mass is 1560 g/mol. The van der Waals surface area contributed by atoms with E-state index < -0.39 is 5.72 Å². The van der Waals surface area contributed by atoms with Gasteiger partial charge in [0.2, 0.25) is 26.9 Å². The first kappa shape index (κ1) is 76.3. The number of fused-ring (bicyclic) bond motifs is 2. The van der Waals surface area contributed by atoms with Gasteiger partial charge in [-0.2, -0.15) is 19.9 Å². The number of ether oxygens (including phenoxy) is 3. The van der Waals surface area contributed by atoms with Crippen LogP contribution in [0.3, 0.4) is 0 Å². The molecule has 0 aliphatic carbocycles. The van der Waals surface area contributed by atoms with E-state index in [2.05, 4.69) is 95.3 Å². The molecule has 22 nitrogen and oxygen atoms in total. The second kappa shape index (κ2) is 38.6. The van der Waals surface area contributed by atoms with Gasteiger partial charge in [0.25, 0.3) is 6.47 Å². The number of hydrogen-bond acceptors (Lipinski definition) is 22. The fourth-order valence-corrected chi connectivity index (χ4v) is 8.86. The van der Waals surface area contributed by atoms with Crippen LogP contribution in [0, 0.1) is 27.7 Å². The Balaban J connectivity index is 0.000000370. The average molecular weight is 1560 g/mol. The van der Waals surface area contributed by atoms with Crippen molar-refractivity contribution in [3.8, 4) is 23.0 Å². The summed E-state index contributed by atoms with van der Waals surface area (Å²) in [5.74, 6) is 3.60. The Kier molecular flexibility index (Phi) is 34.2. The summed E-state index contributed by atoms with van der Waals surface area (Å²) >= 11 is 25.9. The number of nitrogens with zero attached hydrogens (tertiary/aromatic N) is 10. The van der Waals surface area contributed by atoms with Crippen molar-refractivity contribution in [1.82, 2.24) is 39.9 Å². The molecule has 4 aromatic heterocycles. The van der Waals surface area contributed by atoms with Crippen LogP contribution in [0.1, 0.15) is 61.6 Å². The molecule has 0 spiro atoms. The fraction of sp³-hybridized carbons (Fsp3) is 0.246. The van der Waals surface area contributed by atoms with E-state index in [1.165, 1.54) is 29.7 Å². The Labute approximate surface area is 645 Å². The van der Waals surface area contributed by atoms with Gasteiger partial charge in [-0.1, -0.05) is 113 Å². The van der Waals surface area contributed by atoms with Crippen LogP contribution in [0.4, 0.5) is 23.3 Å². The third kappa shape index (κ3) is 21.9. The summed E-state index contributed by atoms with van der Waals surface area (Å²) in [5.41, 5.74) is 6.38. The summed E-state index contributed by atoms with van der Waals surface area (Å²) in [4.78, 5) is 69.6. The van der Waals surface area contributed by atoms with Gasteiger partial charge in [0.1, 0.15) is 13.2 Å². The number of ketones is 2. The first-order valence-corrected chi connectivity index (χ1v) is 27.6. The number of aromatic nitrogens is 8. The number of rotatable bonds is 11. The minimum atomic E-state index is -1.28. The molecule has 4 N–H and O–H groups in total. The molecule has 0 amide bonds. The number of nitrogens with one attached hydrogen (secondary N) is 2. The Morgan fingerprint density at radius 3 is 1.69 bits per heavy atom. The predicted molar refractivity (Wildman–Crippen MR) is 324 cm³/mol. The maximum absolute atomic E-state index is 12.1. The van der Waals surface area contributed by atoms with Crippen LogP contribution in [-0.4, -0.2) is 121 Å². The number of alkyl halides is 1. The number of aryl methyl sites for hydroxylation is 4. The minimum Gasteiger partial charge on any atom is -1.00 e. The maximum atomic E-state index is 12.1. The summed E-state index contributed by atoms with van der Waals surface area (Å²) < 4.78 is 16.8. The fourth-order valence-electron chi connectivity index (χ4n) is 8.03. The quantitative estimate of drug-likeness (QED) is 0.0357. The average Bonchev–Trinajstić information content (AvgIpc) is 0.869. The van der Waals surface area contributed by atoms with E-state index in [-0.39, 0.29) is 203 Å². The van der Waals surface area contributed by atoms with Gasteiger partial charge in [-0.25, -0.2) is 19.9 Å². The Hall–Kier alpha value is -3.93. The first-order chi connectivity index (χ1) is 40.2. The summed E-state index contributed by atoms with van der Waals surface area (Å²) in [6.07, 6.45) is 5.81. The molecule has 0 saturated heterocycles. The van der Waals surface area contributed by atoms with Crippen molar-refractivity contribution in [2.45, 2.75) is 39.5 Å². The van der Waals surface area contributed by atoms with Gasteiger partial charge in [-0.05, 0) is 102 Å². The summed E-state index contributed by atoms with van der Waals surface area (Å²) in [6, 6.07) is 31.0. The number of halogens is 5. The zero-order valence-corrected chi connectivity index (χ0v) is 65.7. The van der Waals surface area contributed by atoms with Crippen molar-refractivity contribution >= 4 is 104 Å². The Bertz CT molecular complexity index is 3530. The minimum absolute atomic E-state index is 0. The number of hydrogen-bond donors (Lipinski definition) is 4. The van der Waals surface area contributed by atoms with Crippen LogP contribution in [0.15, 0.2) is 122 Å². The molecule has 0 fully saturated rings. The first-order valence-electron chi connectivity index (χ1n) is 25.0. The van der Waals surface area contributed by atoms with Gasteiger partial charge >= 0.3 is 138 Å². The molecule has 8 aromatic rings. The molecule has 2 unspecified atom stereocenters. The molecule has 10 rings (SSSR count). The molecule has 2 aliphatic heterocycles. The Morgan fingerprint density at radius 2 is 1.16 bits per heavy atom. The Morgan fingerprint density at radius 1 is 0.698 bits per heavy atom. The topological polar surface area (TPSA) is 285 Å². The maximum Gasteiger partial charge on any atom is 1.00 e. The molecule has 444 valence electrons. The van der Waals surface area contributed by atoms with Crippen LogP contribution in [0.5, 0.6) is 23.0 Å². The van der Waals surface area contributed by atoms with Crippen LogP contribution >= 0.6 is 62.3 Å².